The molecule has 0 amide bonds. The first-order chi connectivity index (χ1) is 11.8. The molecule has 1 aromatic heterocycles. The van der Waals surface area contributed by atoms with Crippen LogP contribution in [0.1, 0.15) is 25.3 Å². The molecule has 25 heavy (non-hydrogen) atoms. The third kappa shape index (κ3) is 3.54. The fourth-order valence-electron chi connectivity index (χ4n) is 3.47. The van der Waals surface area contributed by atoms with Crippen molar-refractivity contribution in [1.29, 1.82) is 0 Å². The molecule has 4 rings (SSSR count). The Kier molecular flexibility index (Phi) is 5.40. The molecule has 0 aliphatic heterocycles. The largest absolute Gasteiger partial charge is 1.00 e. The average Bonchev–Trinajstić information content (AvgIpc) is 3.07. The molecule has 0 unspecified atom stereocenters. The van der Waals surface area contributed by atoms with Crippen molar-refractivity contribution in [2.45, 2.75) is 32.9 Å². The predicted octanol–water partition coefficient (Wildman–Crippen LogP) is 1.93. The van der Waals surface area contributed by atoms with E-state index in [4.69, 9.17) is 0 Å². The average molecular weight is 351 g/mol. The van der Waals surface area contributed by atoms with Gasteiger partial charge >= 0.3 is 0 Å². The van der Waals surface area contributed by atoms with Gasteiger partial charge in [-0.3, -0.25) is 0 Å². The third-order valence-corrected chi connectivity index (χ3v) is 4.74. The van der Waals surface area contributed by atoms with E-state index < -0.39 is 0 Å². The number of nitrogens with zero attached hydrogens (tertiary/aromatic N) is 2. The van der Waals surface area contributed by atoms with Crippen molar-refractivity contribution in [2.75, 3.05) is 0 Å². The van der Waals surface area contributed by atoms with Crippen LogP contribution in [0.4, 0.5) is 0 Å². The van der Waals surface area contributed by atoms with Crippen LogP contribution in [0, 0.1) is 0 Å². The summed E-state index contributed by atoms with van der Waals surface area (Å²) in [5, 5.41) is 5.34. The van der Waals surface area contributed by atoms with Crippen LogP contribution in [0.15, 0.2) is 73.3 Å². The Labute approximate surface area is 155 Å². The van der Waals surface area contributed by atoms with E-state index in [2.05, 4.69) is 89.4 Å². The third-order valence-electron chi connectivity index (χ3n) is 4.74. The van der Waals surface area contributed by atoms with Crippen molar-refractivity contribution in [1.82, 2.24) is 4.57 Å². The molecule has 0 saturated heterocycles. The molecular formula is C22H23ClN2. The first-order valence-electron chi connectivity index (χ1n) is 8.79. The molecule has 0 saturated carbocycles. The van der Waals surface area contributed by atoms with Crippen molar-refractivity contribution < 1.29 is 17.0 Å². The van der Waals surface area contributed by atoms with E-state index in [1.54, 1.807) is 0 Å². The number of rotatable bonds is 5. The molecule has 0 N–H and O–H groups in total. The van der Waals surface area contributed by atoms with Gasteiger partial charge in [0.1, 0.15) is 18.9 Å². The minimum atomic E-state index is 0. The first-order valence-corrected chi connectivity index (χ1v) is 8.79. The molecule has 2 nitrogen and oxygen atoms in total. The molecule has 0 aliphatic rings. The maximum Gasteiger partial charge on any atom is 0.244 e. The number of hydrogen-bond acceptors (Lipinski definition) is 0. The number of aryl methyl sites for hydroxylation is 1. The number of halogens is 1. The first kappa shape index (κ1) is 17.5. The summed E-state index contributed by atoms with van der Waals surface area (Å²) in [6, 6.07) is 19.7. The summed E-state index contributed by atoms with van der Waals surface area (Å²) in [6.07, 6.45) is 9.05. The lowest BCUT2D eigenvalue weighted by Crippen LogP contribution is -3.00. The van der Waals surface area contributed by atoms with E-state index in [1.165, 1.54) is 39.9 Å². The Morgan fingerprint density at radius 3 is 2.20 bits per heavy atom. The zero-order valence-electron chi connectivity index (χ0n) is 14.5. The normalized spacial score (nSPS) is 10.9. The molecule has 0 radical (unpaired) electrons. The second-order valence-electron chi connectivity index (χ2n) is 6.47. The molecule has 128 valence electrons. The molecule has 4 aromatic rings. The second-order valence-corrected chi connectivity index (χ2v) is 6.47. The van der Waals surface area contributed by atoms with Gasteiger partial charge in [0, 0.05) is 5.56 Å². The smallest absolute Gasteiger partial charge is 0.244 e. The van der Waals surface area contributed by atoms with E-state index in [-0.39, 0.29) is 12.4 Å². The maximum absolute atomic E-state index is 2.30. The highest BCUT2D eigenvalue weighted by Gasteiger charge is 2.11. The highest BCUT2D eigenvalue weighted by Crippen LogP contribution is 2.28. The molecule has 0 spiro atoms. The number of aromatic nitrogens is 2. The van der Waals surface area contributed by atoms with E-state index in [9.17, 15) is 0 Å². The lowest BCUT2D eigenvalue weighted by molar-refractivity contribution is -0.687. The molecular weight excluding hydrogens is 328 g/mol. The summed E-state index contributed by atoms with van der Waals surface area (Å²) in [7, 11) is 0. The summed E-state index contributed by atoms with van der Waals surface area (Å²) in [5.74, 6) is 0. The Hall–Kier alpha value is -2.32. The zero-order valence-corrected chi connectivity index (χ0v) is 15.3. The van der Waals surface area contributed by atoms with Gasteiger partial charge in [-0.25, -0.2) is 9.13 Å². The lowest BCUT2D eigenvalue weighted by atomic mass is 9.97. The fraction of sp³-hybridized carbons (Fsp3) is 0.227. The second kappa shape index (κ2) is 7.71. The zero-order chi connectivity index (χ0) is 16.4. The van der Waals surface area contributed by atoms with Gasteiger partial charge < -0.3 is 12.4 Å². The van der Waals surface area contributed by atoms with Gasteiger partial charge in [-0.2, -0.15) is 0 Å². The van der Waals surface area contributed by atoms with Crippen LogP contribution in [0.5, 0.6) is 0 Å². The van der Waals surface area contributed by atoms with Crippen LogP contribution in [-0.2, 0) is 13.1 Å². The van der Waals surface area contributed by atoms with Gasteiger partial charge in [0.2, 0.25) is 6.33 Å². The summed E-state index contributed by atoms with van der Waals surface area (Å²) in [4.78, 5) is 0. The molecule has 3 aromatic carbocycles. The SMILES string of the molecule is CCCCn1cc[n+](Cc2c3ccccc3cc3ccccc23)c1.[Cl-]. The van der Waals surface area contributed by atoms with Crippen LogP contribution in [0.25, 0.3) is 21.5 Å². The van der Waals surface area contributed by atoms with Crippen molar-refractivity contribution in [3.05, 3.63) is 78.9 Å². The summed E-state index contributed by atoms with van der Waals surface area (Å²) in [6.45, 7) is 4.24. The monoisotopic (exact) mass is 350 g/mol. The lowest BCUT2D eigenvalue weighted by Gasteiger charge is -2.10. The van der Waals surface area contributed by atoms with E-state index >= 15 is 0 Å². The Morgan fingerprint density at radius 2 is 1.56 bits per heavy atom. The Balaban J connectivity index is 0.00000182. The van der Waals surface area contributed by atoms with Gasteiger partial charge in [0.15, 0.2) is 0 Å². The number of imidazole rings is 1. The van der Waals surface area contributed by atoms with Gasteiger partial charge in [0.05, 0.1) is 6.54 Å². The Morgan fingerprint density at radius 1 is 0.920 bits per heavy atom. The van der Waals surface area contributed by atoms with Crippen LogP contribution >= 0.6 is 0 Å². The molecule has 3 heteroatoms. The van der Waals surface area contributed by atoms with Gasteiger partial charge in [-0.05, 0) is 34.0 Å². The Bertz CT molecular complexity index is 934. The standard InChI is InChI=1S/C22H23N2.ClH/c1-2-3-12-23-13-14-24(17-23)16-22-20-10-6-4-8-18(20)15-19-9-5-7-11-21(19)22;/h4-11,13-15,17H,2-3,12,16H2,1H3;1H/q+1;/p-1. The highest BCUT2D eigenvalue weighted by atomic mass is 35.5. The number of fused-ring (bicyclic) bond motifs is 2. The fourth-order valence-corrected chi connectivity index (χ4v) is 3.47. The van der Waals surface area contributed by atoms with E-state index in [0.717, 1.165) is 13.1 Å². The van der Waals surface area contributed by atoms with Crippen LogP contribution in [-0.4, -0.2) is 4.57 Å². The van der Waals surface area contributed by atoms with Crippen LogP contribution in [0.2, 0.25) is 0 Å². The van der Waals surface area contributed by atoms with Crippen LogP contribution in [0.3, 0.4) is 0 Å². The number of hydrogen-bond donors (Lipinski definition) is 0. The van der Waals surface area contributed by atoms with Crippen molar-refractivity contribution in [3.63, 3.8) is 0 Å². The topological polar surface area (TPSA) is 8.81 Å². The minimum Gasteiger partial charge on any atom is -1.00 e. The molecule has 0 bridgehead atoms. The minimum absolute atomic E-state index is 0. The highest BCUT2D eigenvalue weighted by molar-refractivity contribution is 6.02. The maximum atomic E-state index is 2.30. The van der Waals surface area contributed by atoms with Crippen molar-refractivity contribution in [3.8, 4) is 0 Å². The molecule has 0 atom stereocenters. The van der Waals surface area contributed by atoms with E-state index in [0.29, 0.717) is 0 Å². The van der Waals surface area contributed by atoms with Gasteiger partial charge in [0.25, 0.3) is 0 Å². The summed E-state index contributed by atoms with van der Waals surface area (Å²) in [5.41, 5.74) is 1.40. The van der Waals surface area contributed by atoms with Crippen LogP contribution < -0.4 is 17.0 Å². The number of benzene rings is 3. The van der Waals surface area contributed by atoms with E-state index in [1.807, 2.05) is 0 Å². The van der Waals surface area contributed by atoms with Gasteiger partial charge in [-0.1, -0.05) is 61.9 Å². The molecule has 1 heterocycles. The number of unbranched alkanes of at least 4 members (excludes halogenated alkanes) is 1. The molecule has 0 aliphatic carbocycles. The van der Waals surface area contributed by atoms with Crippen molar-refractivity contribution >= 4 is 21.5 Å². The quantitative estimate of drug-likeness (QED) is 0.384. The molecule has 0 fully saturated rings. The predicted molar refractivity (Wildman–Crippen MR) is 100 cm³/mol. The van der Waals surface area contributed by atoms with Gasteiger partial charge in [-0.15, -0.1) is 0 Å². The summed E-state index contributed by atoms with van der Waals surface area (Å²) >= 11 is 0. The summed E-state index contributed by atoms with van der Waals surface area (Å²) < 4.78 is 4.58. The van der Waals surface area contributed by atoms with Crippen molar-refractivity contribution in [2.24, 2.45) is 0 Å².